The molecule has 0 radical (unpaired) electrons. The number of aliphatic imine (C=N–C) groups is 1. The molecule has 1 aromatic heterocycles. The minimum absolute atomic E-state index is 0.0385. The number of aromatic hydroxyl groups is 1. The van der Waals surface area contributed by atoms with Crippen LogP contribution in [0.15, 0.2) is 58.3 Å². The fourth-order valence-electron chi connectivity index (χ4n) is 2.29. The van der Waals surface area contributed by atoms with Gasteiger partial charge >= 0.3 is 0 Å². The summed E-state index contributed by atoms with van der Waals surface area (Å²) in [7, 11) is 1.54. The molecule has 26 heavy (non-hydrogen) atoms. The first-order valence-electron chi connectivity index (χ1n) is 7.52. The molecule has 2 N–H and O–H groups in total. The van der Waals surface area contributed by atoms with Gasteiger partial charge in [-0.3, -0.25) is 19.3 Å². The van der Waals surface area contributed by atoms with E-state index in [1.807, 2.05) is 0 Å². The molecule has 6 nitrogen and oxygen atoms in total. The summed E-state index contributed by atoms with van der Waals surface area (Å²) >= 11 is 5.15. The van der Waals surface area contributed by atoms with Crippen LogP contribution in [0.5, 0.6) is 11.6 Å². The van der Waals surface area contributed by atoms with Crippen LogP contribution in [0.4, 0.5) is 10.1 Å². The molecule has 8 heteroatoms. The summed E-state index contributed by atoms with van der Waals surface area (Å²) in [5.41, 5.74) is 0.325. The Labute approximate surface area is 152 Å². The highest BCUT2D eigenvalue weighted by atomic mass is 32.1. The van der Waals surface area contributed by atoms with Crippen LogP contribution < -0.4 is 10.3 Å². The first-order valence-corrected chi connectivity index (χ1v) is 7.93. The zero-order chi connectivity index (χ0) is 18.7. The molecule has 0 aliphatic rings. The molecule has 1 heterocycles. The van der Waals surface area contributed by atoms with Crippen molar-refractivity contribution in [2.75, 3.05) is 7.11 Å². The predicted octanol–water partition coefficient (Wildman–Crippen LogP) is 3.50. The van der Waals surface area contributed by atoms with Crippen LogP contribution in [0.25, 0.3) is 5.69 Å². The number of aromatic amines is 1. The van der Waals surface area contributed by atoms with Crippen LogP contribution in [0.1, 0.15) is 5.56 Å². The molecule has 0 aliphatic carbocycles. The number of nitrogens with one attached hydrogen (secondary N) is 1. The fraction of sp³-hybridized carbons (Fsp3) is 0.0556. The third-order valence-corrected chi connectivity index (χ3v) is 3.91. The Morgan fingerprint density at radius 3 is 2.46 bits per heavy atom. The topological polar surface area (TPSA) is 79.6 Å². The van der Waals surface area contributed by atoms with Crippen molar-refractivity contribution in [3.8, 4) is 17.3 Å². The molecular weight excluding hydrogens is 357 g/mol. The maximum Gasteiger partial charge on any atom is 0.264 e. The Bertz CT molecular complexity index is 1070. The van der Waals surface area contributed by atoms with Gasteiger partial charge in [-0.05, 0) is 60.7 Å². The van der Waals surface area contributed by atoms with Gasteiger partial charge in [-0.1, -0.05) is 0 Å². The number of aromatic nitrogens is 2. The summed E-state index contributed by atoms with van der Waals surface area (Å²) in [6, 6.07) is 12.2. The quantitative estimate of drug-likeness (QED) is 0.543. The van der Waals surface area contributed by atoms with Gasteiger partial charge in [0.15, 0.2) is 4.77 Å². The maximum absolute atomic E-state index is 12.9. The lowest BCUT2D eigenvalue weighted by Gasteiger charge is -2.11. The first kappa shape index (κ1) is 17.6. The van der Waals surface area contributed by atoms with Crippen LogP contribution in [0, 0.1) is 10.6 Å². The molecule has 0 amide bonds. The van der Waals surface area contributed by atoms with E-state index in [-0.39, 0.29) is 16.2 Å². The molecule has 0 bridgehead atoms. The number of methoxy groups -OCH3 is 1. The normalized spacial score (nSPS) is 11.0. The van der Waals surface area contributed by atoms with Crippen LogP contribution in [0.3, 0.4) is 0 Å². The van der Waals surface area contributed by atoms with E-state index in [0.29, 0.717) is 17.1 Å². The number of nitrogens with zero attached hydrogens (tertiary/aromatic N) is 2. The van der Waals surface area contributed by atoms with Gasteiger partial charge in [0.25, 0.3) is 5.56 Å². The smallest absolute Gasteiger partial charge is 0.264 e. The standard InChI is InChI=1S/C18H14FN3O3S/c1-25-14-8-6-13(7-9-14)22-17(24)15(16(23)21-18(22)26)10-20-12-4-2-11(19)3-5-12/h2-10,24H,1H3,(H,21,23,26). The third-order valence-electron chi connectivity index (χ3n) is 3.62. The van der Waals surface area contributed by atoms with E-state index in [1.165, 1.54) is 35.0 Å². The molecule has 0 saturated heterocycles. The summed E-state index contributed by atoms with van der Waals surface area (Å²) in [6.07, 6.45) is 1.20. The summed E-state index contributed by atoms with van der Waals surface area (Å²) in [5.74, 6) is -0.102. The third kappa shape index (κ3) is 3.55. The van der Waals surface area contributed by atoms with Crippen LogP contribution in [0.2, 0.25) is 0 Å². The Morgan fingerprint density at radius 2 is 1.85 bits per heavy atom. The zero-order valence-electron chi connectivity index (χ0n) is 13.6. The molecule has 0 atom stereocenters. The highest BCUT2D eigenvalue weighted by Gasteiger charge is 2.12. The number of ether oxygens (including phenoxy) is 1. The number of H-pyrrole nitrogens is 1. The number of hydrogen-bond donors (Lipinski definition) is 2. The van der Waals surface area contributed by atoms with Gasteiger partial charge in [-0.25, -0.2) is 4.39 Å². The summed E-state index contributed by atoms with van der Waals surface area (Å²) in [5, 5.41) is 10.5. The van der Waals surface area contributed by atoms with E-state index < -0.39 is 11.4 Å². The van der Waals surface area contributed by atoms with Crippen molar-refractivity contribution in [1.29, 1.82) is 0 Å². The van der Waals surface area contributed by atoms with Crippen molar-refractivity contribution in [2.24, 2.45) is 4.99 Å². The molecule has 0 unspecified atom stereocenters. The molecule has 0 saturated carbocycles. The Hall–Kier alpha value is -3.26. The van der Waals surface area contributed by atoms with Crippen molar-refractivity contribution < 1.29 is 14.2 Å². The molecule has 132 valence electrons. The van der Waals surface area contributed by atoms with Crippen molar-refractivity contribution in [1.82, 2.24) is 9.55 Å². The Morgan fingerprint density at radius 1 is 1.19 bits per heavy atom. The lowest BCUT2D eigenvalue weighted by atomic mass is 10.2. The summed E-state index contributed by atoms with van der Waals surface area (Å²) in [4.78, 5) is 18.7. The highest BCUT2D eigenvalue weighted by Crippen LogP contribution is 2.21. The molecule has 0 fully saturated rings. The number of rotatable bonds is 4. The van der Waals surface area contributed by atoms with Crippen LogP contribution in [-0.4, -0.2) is 28.0 Å². The number of benzene rings is 2. The second-order valence-corrected chi connectivity index (χ2v) is 5.65. The molecule has 2 aromatic carbocycles. The van der Waals surface area contributed by atoms with E-state index in [1.54, 1.807) is 31.4 Å². The zero-order valence-corrected chi connectivity index (χ0v) is 14.5. The molecule has 0 spiro atoms. The lowest BCUT2D eigenvalue weighted by molar-refractivity contribution is 0.414. The Balaban J connectivity index is 2.07. The van der Waals surface area contributed by atoms with Crippen molar-refractivity contribution >= 4 is 24.1 Å². The van der Waals surface area contributed by atoms with Gasteiger partial charge < -0.3 is 9.84 Å². The van der Waals surface area contributed by atoms with E-state index in [4.69, 9.17) is 17.0 Å². The molecule has 3 rings (SSSR count). The van der Waals surface area contributed by atoms with Crippen molar-refractivity contribution in [2.45, 2.75) is 0 Å². The maximum atomic E-state index is 12.9. The van der Waals surface area contributed by atoms with E-state index in [0.717, 1.165) is 0 Å². The SMILES string of the molecule is COc1ccc(-n2c(O)c(C=Nc3ccc(F)cc3)c(=O)[nH]c2=S)cc1. The molecule has 0 aliphatic heterocycles. The minimum Gasteiger partial charge on any atom is -0.497 e. The van der Waals surface area contributed by atoms with Crippen LogP contribution >= 0.6 is 12.2 Å². The summed E-state index contributed by atoms with van der Waals surface area (Å²) < 4.78 is 19.4. The fourth-order valence-corrected chi connectivity index (χ4v) is 2.58. The van der Waals surface area contributed by atoms with Gasteiger partial charge in [0, 0.05) is 6.21 Å². The van der Waals surface area contributed by atoms with Gasteiger partial charge in [-0.15, -0.1) is 0 Å². The lowest BCUT2D eigenvalue weighted by Crippen LogP contribution is -2.18. The minimum atomic E-state index is -0.580. The highest BCUT2D eigenvalue weighted by molar-refractivity contribution is 7.71. The number of halogens is 1. The molecule has 3 aromatic rings. The number of hydrogen-bond acceptors (Lipinski definition) is 5. The average molecular weight is 371 g/mol. The summed E-state index contributed by atoms with van der Waals surface area (Å²) in [6.45, 7) is 0. The average Bonchev–Trinajstić information content (AvgIpc) is 2.63. The van der Waals surface area contributed by atoms with Gasteiger partial charge in [0.2, 0.25) is 5.88 Å². The van der Waals surface area contributed by atoms with E-state index in [2.05, 4.69) is 9.98 Å². The molecular formula is C18H14FN3O3S. The first-order chi connectivity index (χ1) is 12.5. The second-order valence-electron chi connectivity index (χ2n) is 5.26. The van der Waals surface area contributed by atoms with Crippen molar-refractivity contribution in [3.63, 3.8) is 0 Å². The monoisotopic (exact) mass is 371 g/mol. The van der Waals surface area contributed by atoms with E-state index in [9.17, 15) is 14.3 Å². The predicted molar refractivity (Wildman–Crippen MR) is 99.1 cm³/mol. The van der Waals surface area contributed by atoms with E-state index >= 15 is 0 Å². The Kier molecular flexibility index (Phi) is 4.94. The second kappa shape index (κ2) is 7.32. The van der Waals surface area contributed by atoms with Crippen LogP contribution in [-0.2, 0) is 0 Å². The van der Waals surface area contributed by atoms with Gasteiger partial charge in [0.1, 0.15) is 17.1 Å². The van der Waals surface area contributed by atoms with Crippen molar-refractivity contribution in [3.05, 3.63) is 75.0 Å². The van der Waals surface area contributed by atoms with Gasteiger partial charge in [0.05, 0.1) is 18.5 Å². The van der Waals surface area contributed by atoms with Gasteiger partial charge in [-0.2, -0.15) is 0 Å². The largest absolute Gasteiger partial charge is 0.497 e.